The average molecular weight is 164 g/mol. The van der Waals surface area contributed by atoms with Gasteiger partial charge in [-0.3, -0.25) is 4.79 Å². The Morgan fingerprint density at radius 1 is 1.50 bits per heavy atom. The molecular weight excluding hydrogens is 152 g/mol. The second-order valence-electron chi connectivity index (χ2n) is 2.77. The Kier molecular flexibility index (Phi) is 2.33. The minimum atomic E-state index is -0.104. The molecule has 0 unspecified atom stereocenters. The molecule has 1 rings (SSSR count). The molecule has 0 atom stereocenters. The van der Waals surface area contributed by atoms with Crippen LogP contribution in [0, 0.1) is 6.92 Å². The molecule has 0 aliphatic heterocycles. The van der Waals surface area contributed by atoms with Crippen LogP contribution in [0.3, 0.4) is 0 Å². The quantitative estimate of drug-likeness (QED) is 0.618. The molecule has 0 spiro atoms. The summed E-state index contributed by atoms with van der Waals surface area (Å²) < 4.78 is 0. The first-order valence-electron chi connectivity index (χ1n) is 3.73. The van der Waals surface area contributed by atoms with E-state index in [2.05, 4.69) is 5.32 Å². The molecule has 0 bridgehead atoms. The smallest absolute Gasteiger partial charge is 0.221 e. The predicted octanol–water partition coefficient (Wildman–Crippen LogP) is 1.54. The summed E-state index contributed by atoms with van der Waals surface area (Å²) in [6.45, 7) is 3.41. The topological polar surface area (TPSA) is 55.1 Å². The van der Waals surface area contributed by atoms with E-state index >= 15 is 0 Å². The molecule has 0 aliphatic carbocycles. The lowest BCUT2D eigenvalue weighted by atomic mass is 10.2. The number of hydrogen-bond acceptors (Lipinski definition) is 2. The van der Waals surface area contributed by atoms with E-state index in [4.69, 9.17) is 5.73 Å². The van der Waals surface area contributed by atoms with E-state index < -0.39 is 0 Å². The van der Waals surface area contributed by atoms with Crippen LogP contribution < -0.4 is 11.1 Å². The van der Waals surface area contributed by atoms with Gasteiger partial charge in [0, 0.05) is 6.92 Å². The Hall–Kier alpha value is -1.51. The van der Waals surface area contributed by atoms with Gasteiger partial charge >= 0.3 is 0 Å². The monoisotopic (exact) mass is 164 g/mol. The van der Waals surface area contributed by atoms with Crippen molar-refractivity contribution in [3.05, 3.63) is 23.8 Å². The first-order valence-corrected chi connectivity index (χ1v) is 3.73. The molecule has 64 valence electrons. The third-order valence-electron chi connectivity index (χ3n) is 1.52. The number of amides is 1. The number of nitrogen functional groups attached to an aromatic ring is 1. The first-order chi connectivity index (χ1) is 5.59. The van der Waals surface area contributed by atoms with E-state index in [-0.39, 0.29) is 5.91 Å². The number of nitrogens with one attached hydrogen (secondary N) is 1. The summed E-state index contributed by atoms with van der Waals surface area (Å²) >= 11 is 0. The molecule has 3 nitrogen and oxygen atoms in total. The van der Waals surface area contributed by atoms with Crippen LogP contribution in [0.15, 0.2) is 18.2 Å². The van der Waals surface area contributed by atoms with Gasteiger partial charge in [-0.2, -0.15) is 0 Å². The second kappa shape index (κ2) is 3.26. The summed E-state index contributed by atoms with van der Waals surface area (Å²) in [7, 11) is 0. The fourth-order valence-corrected chi connectivity index (χ4v) is 0.968. The maximum absolute atomic E-state index is 10.7. The number of nitrogens with two attached hydrogens (primary N) is 1. The van der Waals surface area contributed by atoms with Crippen LogP contribution in [0.25, 0.3) is 0 Å². The van der Waals surface area contributed by atoms with Crippen molar-refractivity contribution in [1.29, 1.82) is 0 Å². The Morgan fingerprint density at radius 2 is 2.17 bits per heavy atom. The minimum Gasteiger partial charge on any atom is -0.397 e. The summed E-state index contributed by atoms with van der Waals surface area (Å²) in [5.41, 5.74) is 7.98. The highest BCUT2D eigenvalue weighted by Crippen LogP contribution is 2.18. The third-order valence-corrected chi connectivity index (χ3v) is 1.52. The molecule has 0 radical (unpaired) electrons. The number of hydrogen-bond donors (Lipinski definition) is 2. The van der Waals surface area contributed by atoms with Crippen LogP contribution in [0.1, 0.15) is 12.5 Å². The highest BCUT2D eigenvalue weighted by atomic mass is 16.1. The molecule has 1 amide bonds. The summed E-state index contributed by atoms with van der Waals surface area (Å²) in [4.78, 5) is 10.7. The van der Waals surface area contributed by atoms with Gasteiger partial charge in [0.1, 0.15) is 0 Å². The van der Waals surface area contributed by atoms with E-state index in [1.807, 2.05) is 19.1 Å². The zero-order chi connectivity index (χ0) is 9.14. The molecule has 3 heteroatoms. The van der Waals surface area contributed by atoms with Crippen molar-refractivity contribution in [2.75, 3.05) is 11.1 Å². The zero-order valence-corrected chi connectivity index (χ0v) is 7.22. The van der Waals surface area contributed by atoms with Crippen molar-refractivity contribution >= 4 is 17.3 Å². The second-order valence-corrected chi connectivity index (χ2v) is 2.77. The molecule has 0 fully saturated rings. The van der Waals surface area contributed by atoms with Gasteiger partial charge in [0.2, 0.25) is 5.91 Å². The van der Waals surface area contributed by atoms with Crippen molar-refractivity contribution in [2.24, 2.45) is 0 Å². The average Bonchev–Trinajstić information content (AvgIpc) is 1.96. The van der Waals surface area contributed by atoms with Crippen LogP contribution in [0.2, 0.25) is 0 Å². The van der Waals surface area contributed by atoms with E-state index in [1.54, 1.807) is 6.07 Å². The van der Waals surface area contributed by atoms with Crippen molar-refractivity contribution in [3.8, 4) is 0 Å². The van der Waals surface area contributed by atoms with E-state index in [1.165, 1.54) is 6.92 Å². The van der Waals surface area contributed by atoms with Crippen LogP contribution in [0.5, 0.6) is 0 Å². The summed E-state index contributed by atoms with van der Waals surface area (Å²) in [6.07, 6.45) is 0. The van der Waals surface area contributed by atoms with Crippen LogP contribution in [0.4, 0.5) is 11.4 Å². The third kappa shape index (κ3) is 1.99. The molecule has 0 heterocycles. The SMILES string of the molecule is CC(=O)Nc1cc(C)ccc1N. The molecule has 1 aromatic carbocycles. The molecule has 0 aliphatic rings. The highest BCUT2D eigenvalue weighted by Gasteiger charge is 1.99. The maximum Gasteiger partial charge on any atom is 0.221 e. The summed E-state index contributed by atoms with van der Waals surface area (Å²) in [6, 6.07) is 5.53. The lowest BCUT2D eigenvalue weighted by Gasteiger charge is -2.06. The van der Waals surface area contributed by atoms with Crippen molar-refractivity contribution < 1.29 is 4.79 Å². The maximum atomic E-state index is 10.7. The Labute approximate surface area is 71.6 Å². The largest absolute Gasteiger partial charge is 0.397 e. The van der Waals surface area contributed by atoms with Crippen LogP contribution in [-0.4, -0.2) is 5.91 Å². The van der Waals surface area contributed by atoms with E-state index in [9.17, 15) is 4.79 Å². The van der Waals surface area contributed by atoms with Gasteiger partial charge in [-0.25, -0.2) is 0 Å². The number of anilines is 2. The number of benzene rings is 1. The Balaban J connectivity index is 2.97. The standard InChI is InChI=1S/C9H12N2O/c1-6-3-4-8(10)9(5-6)11-7(2)12/h3-5H,10H2,1-2H3,(H,11,12). The molecule has 3 N–H and O–H groups in total. The number of carbonyl (C=O) groups is 1. The number of aryl methyl sites for hydroxylation is 1. The van der Waals surface area contributed by atoms with E-state index in [0.717, 1.165) is 5.56 Å². The lowest BCUT2D eigenvalue weighted by Crippen LogP contribution is -2.07. The van der Waals surface area contributed by atoms with Gasteiger partial charge in [0.15, 0.2) is 0 Å². The van der Waals surface area contributed by atoms with Gasteiger partial charge in [-0.05, 0) is 24.6 Å². The molecule has 0 aromatic heterocycles. The highest BCUT2D eigenvalue weighted by molar-refractivity contribution is 5.92. The van der Waals surface area contributed by atoms with Gasteiger partial charge in [0.25, 0.3) is 0 Å². The summed E-state index contributed by atoms with van der Waals surface area (Å²) in [5.74, 6) is -0.104. The van der Waals surface area contributed by atoms with Gasteiger partial charge in [-0.15, -0.1) is 0 Å². The van der Waals surface area contributed by atoms with Crippen LogP contribution >= 0.6 is 0 Å². The van der Waals surface area contributed by atoms with Crippen molar-refractivity contribution in [1.82, 2.24) is 0 Å². The van der Waals surface area contributed by atoms with Crippen LogP contribution in [-0.2, 0) is 4.79 Å². The molecular formula is C9H12N2O. The molecule has 0 saturated heterocycles. The van der Waals surface area contributed by atoms with Gasteiger partial charge < -0.3 is 11.1 Å². The number of carbonyl (C=O) groups excluding carboxylic acids is 1. The lowest BCUT2D eigenvalue weighted by molar-refractivity contribution is -0.114. The molecule has 1 aromatic rings. The van der Waals surface area contributed by atoms with Crippen molar-refractivity contribution in [2.45, 2.75) is 13.8 Å². The number of rotatable bonds is 1. The van der Waals surface area contributed by atoms with E-state index in [0.29, 0.717) is 11.4 Å². The predicted molar refractivity (Wildman–Crippen MR) is 49.9 cm³/mol. The normalized spacial score (nSPS) is 9.50. The summed E-state index contributed by atoms with van der Waals surface area (Å²) in [5, 5.41) is 2.65. The Morgan fingerprint density at radius 3 is 2.75 bits per heavy atom. The molecule has 12 heavy (non-hydrogen) atoms. The van der Waals surface area contributed by atoms with Crippen molar-refractivity contribution in [3.63, 3.8) is 0 Å². The fourth-order valence-electron chi connectivity index (χ4n) is 0.968. The van der Waals surface area contributed by atoms with Gasteiger partial charge in [-0.1, -0.05) is 6.07 Å². The molecule has 0 saturated carbocycles. The van der Waals surface area contributed by atoms with Gasteiger partial charge in [0.05, 0.1) is 11.4 Å². The Bertz CT molecular complexity index is 307. The zero-order valence-electron chi connectivity index (χ0n) is 7.22. The fraction of sp³-hybridized carbons (Fsp3) is 0.222. The first kappa shape index (κ1) is 8.59. The minimum absolute atomic E-state index is 0.104.